The molecule has 3 N–H and O–H groups in total. The summed E-state index contributed by atoms with van der Waals surface area (Å²) in [6.07, 6.45) is 0.760. The summed E-state index contributed by atoms with van der Waals surface area (Å²) >= 11 is 0. The van der Waals surface area contributed by atoms with Crippen LogP contribution >= 0.6 is 0 Å². The first-order chi connectivity index (χ1) is 10.0. The minimum Gasteiger partial charge on any atom is -0.497 e. The van der Waals surface area contributed by atoms with Gasteiger partial charge in [-0.2, -0.15) is 0 Å². The van der Waals surface area contributed by atoms with Crippen molar-refractivity contribution in [2.75, 3.05) is 18.2 Å². The van der Waals surface area contributed by atoms with Crippen LogP contribution in [0.2, 0.25) is 0 Å². The van der Waals surface area contributed by atoms with Crippen LogP contribution in [0.5, 0.6) is 5.75 Å². The molecule has 0 aliphatic heterocycles. The first-order valence-electron chi connectivity index (χ1n) is 7.08. The van der Waals surface area contributed by atoms with E-state index in [-0.39, 0.29) is 6.04 Å². The quantitative estimate of drug-likeness (QED) is 0.883. The largest absolute Gasteiger partial charge is 0.497 e. The van der Waals surface area contributed by atoms with Gasteiger partial charge < -0.3 is 15.8 Å². The Balaban J connectivity index is 2.22. The maximum absolute atomic E-state index is 5.94. The Hall–Kier alpha value is -2.30. The maximum Gasteiger partial charge on any atom is 0.135 e. The highest BCUT2D eigenvalue weighted by atomic mass is 16.5. The van der Waals surface area contributed by atoms with Crippen LogP contribution in [0.15, 0.2) is 24.3 Å². The number of nitrogens with one attached hydrogen (secondary N) is 1. The van der Waals surface area contributed by atoms with Crippen LogP contribution in [0.3, 0.4) is 0 Å². The summed E-state index contributed by atoms with van der Waals surface area (Å²) in [6.45, 7) is 6.03. The highest BCUT2D eigenvalue weighted by Crippen LogP contribution is 2.24. The van der Waals surface area contributed by atoms with E-state index >= 15 is 0 Å². The van der Waals surface area contributed by atoms with Crippen LogP contribution in [0.4, 0.5) is 11.6 Å². The molecule has 0 spiro atoms. The molecule has 5 heteroatoms. The first-order valence-corrected chi connectivity index (χ1v) is 7.08. The van der Waals surface area contributed by atoms with Gasteiger partial charge in [0.05, 0.1) is 7.11 Å². The fourth-order valence-electron chi connectivity index (χ4n) is 2.06. The van der Waals surface area contributed by atoms with Crippen molar-refractivity contribution in [1.82, 2.24) is 9.97 Å². The van der Waals surface area contributed by atoms with E-state index in [1.54, 1.807) is 7.11 Å². The summed E-state index contributed by atoms with van der Waals surface area (Å²) in [7, 11) is 1.66. The number of anilines is 2. The number of nitrogens with two attached hydrogens (primary N) is 1. The van der Waals surface area contributed by atoms with Crippen LogP contribution in [-0.4, -0.2) is 17.1 Å². The Kier molecular flexibility index (Phi) is 4.62. The number of hydrogen-bond donors (Lipinski definition) is 2. The van der Waals surface area contributed by atoms with Crippen molar-refractivity contribution in [3.05, 3.63) is 41.2 Å². The van der Waals surface area contributed by atoms with E-state index in [0.29, 0.717) is 5.82 Å². The number of benzene rings is 1. The molecule has 1 aromatic carbocycles. The minimum atomic E-state index is 0.119. The van der Waals surface area contributed by atoms with Crippen molar-refractivity contribution in [2.45, 2.75) is 33.2 Å². The molecule has 0 radical (unpaired) electrons. The molecule has 0 bridgehead atoms. The molecule has 2 rings (SSSR count). The Morgan fingerprint density at radius 1 is 1.24 bits per heavy atom. The molecule has 0 fully saturated rings. The standard InChI is InChI=1S/C16H22N4O/c1-5-14-19-15(17)10(2)16(20-14)18-11(3)12-6-8-13(21-4)9-7-12/h6-9,11H,5H2,1-4H3,(H3,17,18,19,20). The Morgan fingerprint density at radius 2 is 1.90 bits per heavy atom. The maximum atomic E-state index is 5.94. The van der Waals surface area contributed by atoms with Crippen LogP contribution in [0.1, 0.15) is 36.8 Å². The van der Waals surface area contributed by atoms with Gasteiger partial charge in [0, 0.05) is 18.0 Å². The predicted octanol–water partition coefficient (Wildman–Crippen LogP) is 3.11. The fourth-order valence-corrected chi connectivity index (χ4v) is 2.06. The Bertz CT molecular complexity index is 610. The summed E-state index contributed by atoms with van der Waals surface area (Å²) < 4.78 is 5.17. The lowest BCUT2D eigenvalue weighted by Crippen LogP contribution is -2.12. The first kappa shape index (κ1) is 15.1. The van der Waals surface area contributed by atoms with E-state index in [9.17, 15) is 0 Å². The van der Waals surface area contributed by atoms with Crippen molar-refractivity contribution in [3.8, 4) is 5.75 Å². The second kappa shape index (κ2) is 6.43. The molecule has 0 saturated carbocycles. The van der Waals surface area contributed by atoms with Gasteiger partial charge in [0.1, 0.15) is 23.2 Å². The summed E-state index contributed by atoms with van der Waals surface area (Å²) in [6, 6.07) is 8.10. The van der Waals surface area contributed by atoms with Gasteiger partial charge >= 0.3 is 0 Å². The van der Waals surface area contributed by atoms with Gasteiger partial charge in [-0.05, 0) is 31.5 Å². The molecule has 2 aromatic rings. The molecule has 0 aliphatic rings. The zero-order chi connectivity index (χ0) is 15.4. The summed E-state index contributed by atoms with van der Waals surface area (Å²) in [5.41, 5.74) is 7.98. The van der Waals surface area contributed by atoms with Crippen molar-refractivity contribution < 1.29 is 4.74 Å². The van der Waals surface area contributed by atoms with Crippen LogP contribution in [0, 0.1) is 6.92 Å². The SMILES string of the molecule is CCc1nc(N)c(C)c(NC(C)c2ccc(OC)cc2)n1. The average molecular weight is 286 g/mol. The molecular formula is C16H22N4O. The van der Waals surface area contributed by atoms with E-state index in [1.807, 2.05) is 38.1 Å². The van der Waals surface area contributed by atoms with Crippen molar-refractivity contribution in [2.24, 2.45) is 0 Å². The Morgan fingerprint density at radius 3 is 2.48 bits per heavy atom. The van der Waals surface area contributed by atoms with Crippen molar-refractivity contribution in [3.63, 3.8) is 0 Å². The number of rotatable bonds is 5. The number of aromatic nitrogens is 2. The molecule has 112 valence electrons. The van der Waals surface area contributed by atoms with Gasteiger partial charge in [-0.1, -0.05) is 19.1 Å². The summed E-state index contributed by atoms with van der Waals surface area (Å²) in [5, 5.41) is 3.41. The second-order valence-corrected chi connectivity index (χ2v) is 4.99. The minimum absolute atomic E-state index is 0.119. The third-order valence-electron chi connectivity index (χ3n) is 3.52. The zero-order valence-electron chi connectivity index (χ0n) is 13.0. The Labute approximate surface area is 125 Å². The summed E-state index contributed by atoms with van der Waals surface area (Å²) in [5.74, 6) is 2.93. The van der Waals surface area contributed by atoms with E-state index in [0.717, 1.165) is 34.9 Å². The van der Waals surface area contributed by atoms with Gasteiger partial charge in [0.15, 0.2) is 0 Å². The zero-order valence-corrected chi connectivity index (χ0v) is 13.0. The molecule has 21 heavy (non-hydrogen) atoms. The van der Waals surface area contributed by atoms with E-state index in [4.69, 9.17) is 10.5 Å². The van der Waals surface area contributed by atoms with Crippen LogP contribution in [-0.2, 0) is 6.42 Å². The van der Waals surface area contributed by atoms with Gasteiger partial charge in [-0.15, -0.1) is 0 Å². The molecule has 0 aliphatic carbocycles. The molecule has 5 nitrogen and oxygen atoms in total. The number of hydrogen-bond acceptors (Lipinski definition) is 5. The number of ether oxygens (including phenoxy) is 1. The smallest absolute Gasteiger partial charge is 0.135 e. The lowest BCUT2D eigenvalue weighted by atomic mass is 10.1. The fraction of sp³-hybridized carbons (Fsp3) is 0.375. The van der Waals surface area contributed by atoms with Crippen molar-refractivity contribution in [1.29, 1.82) is 0 Å². The highest BCUT2D eigenvalue weighted by Gasteiger charge is 2.12. The van der Waals surface area contributed by atoms with Gasteiger partial charge in [0.25, 0.3) is 0 Å². The van der Waals surface area contributed by atoms with Crippen LogP contribution < -0.4 is 15.8 Å². The third kappa shape index (κ3) is 3.42. The molecule has 1 heterocycles. The predicted molar refractivity (Wildman–Crippen MR) is 85.6 cm³/mol. The number of methoxy groups -OCH3 is 1. The van der Waals surface area contributed by atoms with Gasteiger partial charge in [-0.3, -0.25) is 0 Å². The molecule has 0 amide bonds. The third-order valence-corrected chi connectivity index (χ3v) is 3.52. The molecule has 1 atom stereocenters. The monoisotopic (exact) mass is 286 g/mol. The van der Waals surface area contributed by atoms with Crippen molar-refractivity contribution >= 4 is 11.6 Å². The highest BCUT2D eigenvalue weighted by molar-refractivity contribution is 5.55. The average Bonchev–Trinajstić information content (AvgIpc) is 2.51. The summed E-state index contributed by atoms with van der Waals surface area (Å²) in [4.78, 5) is 8.79. The van der Waals surface area contributed by atoms with E-state index in [1.165, 1.54) is 0 Å². The van der Waals surface area contributed by atoms with E-state index < -0.39 is 0 Å². The number of nitrogen functional groups attached to an aromatic ring is 1. The van der Waals surface area contributed by atoms with Gasteiger partial charge in [-0.25, -0.2) is 9.97 Å². The van der Waals surface area contributed by atoms with Crippen LogP contribution in [0.25, 0.3) is 0 Å². The van der Waals surface area contributed by atoms with Gasteiger partial charge in [0.2, 0.25) is 0 Å². The molecule has 1 aromatic heterocycles. The topological polar surface area (TPSA) is 73.1 Å². The lowest BCUT2D eigenvalue weighted by Gasteiger charge is -2.18. The second-order valence-electron chi connectivity index (χ2n) is 4.99. The normalized spacial score (nSPS) is 12.0. The van der Waals surface area contributed by atoms with E-state index in [2.05, 4.69) is 22.2 Å². The molecule has 1 unspecified atom stereocenters. The molecule has 0 saturated heterocycles. The molecular weight excluding hydrogens is 264 g/mol. The number of aryl methyl sites for hydroxylation is 1. The lowest BCUT2D eigenvalue weighted by molar-refractivity contribution is 0.414. The number of nitrogens with zero attached hydrogens (tertiary/aromatic N) is 2.